The van der Waals surface area contributed by atoms with Gasteiger partial charge in [-0.05, 0) is 19.1 Å². The molecule has 2 aromatic rings. The minimum Gasteiger partial charge on any atom is -0.382 e. The number of aryl methyl sites for hydroxylation is 1. The molecular weight excluding hydrogens is 257 g/mol. The van der Waals surface area contributed by atoms with E-state index in [1.165, 1.54) is 6.07 Å². The van der Waals surface area contributed by atoms with Crippen LogP contribution in [0.5, 0.6) is 0 Å². The second-order valence-corrected chi connectivity index (χ2v) is 5.87. The molecule has 0 unspecified atom stereocenters. The standard InChI is InChI=1S/C11H12FN3S2/c1-8-14-15-11(17-8)16-7-6-13-10-5-3-2-4-9(10)12/h2-5,13H,6-7H2,1H3. The van der Waals surface area contributed by atoms with E-state index in [-0.39, 0.29) is 5.82 Å². The van der Waals surface area contributed by atoms with Gasteiger partial charge in [0.05, 0.1) is 5.69 Å². The van der Waals surface area contributed by atoms with Gasteiger partial charge in [0.25, 0.3) is 0 Å². The lowest BCUT2D eigenvalue weighted by Gasteiger charge is -2.05. The quantitative estimate of drug-likeness (QED) is 0.668. The van der Waals surface area contributed by atoms with Gasteiger partial charge >= 0.3 is 0 Å². The molecule has 0 aliphatic rings. The Bertz CT molecular complexity index is 487. The van der Waals surface area contributed by atoms with Crippen LogP contribution in [0.4, 0.5) is 10.1 Å². The number of halogens is 1. The summed E-state index contributed by atoms with van der Waals surface area (Å²) in [4.78, 5) is 0. The fourth-order valence-corrected chi connectivity index (χ4v) is 3.01. The molecule has 0 radical (unpaired) electrons. The molecule has 0 fully saturated rings. The molecule has 1 heterocycles. The Morgan fingerprint density at radius 3 is 2.88 bits per heavy atom. The second kappa shape index (κ2) is 5.97. The third-order valence-electron chi connectivity index (χ3n) is 2.02. The highest BCUT2D eigenvalue weighted by atomic mass is 32.2. The van der Waals surface area contributed by atoms with Crippen molar-refractivity contribution in [3.63, 3.8) is 0 Å². The van der Waals surface area contributed by atoms with E-state index >= 15 is 0 Å². The molecule has 0 saturated carbocycles. The highest BCUT2D eigenvalue weighted by molar-refractivity contribution is 8.01. The average molecular weight is 269 g/mol. The van der Waals surface area contributed by atoms with Crippen molar-refractivity contribution in [2.45, 2.75) is 11.3 Å². The van der Waals surface area contributed by atoms with E-state index in [1.54, 1.807) is 35.2 Å². The smallest absolute Gasteiger partial charge is 0.174 e. The zero-order valence-corrected chi connectivity index (χ0v) is 10.9. The molecule has 0 spiro atoms. The van der Waals surface area contributed by atoms with E-state index in [0.717, 1.165) is 15.1 Å². The Balaban J connectivity index is 1.75. The molecule has 0 atom stereocenters. The number of aromatic nitrogens is 2. The predicted molar refractivity (Wildman–Crippen MR) is 70.3 cm³/mol. The lowest BCUT2D eigenvalue weighted by Crippen LogP contribution is -2.05. The number of hydrogen-bond acceptors (Lipinski definition) is 5. The van der Waals surface area contributed by atoms with Gasteiger partial charge in [0, 0.05) is 12.3 Å². The van der Waals surface area contributed by atoms with Gasteiger partial charge in [0.1, 0.15) is 10.8 Å². The lowest BCUT2D eigenvalue weighted by atomic mass is 10.3. The normalized spacial score (nSPS) is 10.5. The molecule has 90 valence electrons. The number of hydrogen-bond donors (Lipinski definition) is 1. The zero-order valence-electron chi connectivity index (χ0n) is 9.31. The van der Waals surface area contributed by atoms with Crippen LogP contribution in [0.1, 0.15) is 5.01 Å². The highest BCUT2D eigenvalue weighted by Crippen LogP contribution is 2.21. The van der Waals surface area contributed by atoms with Gasteiger partial charge in [0.2, 0.25) is 0 Å². The Labute approximate surface area is 107 Å². The molecule has 1 aromatic heterocycles. The number of para-hydroxylation sites is 1. The largest absolute Gasteiger partial charge is 0.382 e. The second-order valence-electron chi connectivity index (χ2n) is 3.34. The maximum atomic E-state index is 13.3. The maximum absolute atomic E-state index is 13.3. The Kier molecular flexibility index (Phi) is 4.33. The average Bonchev–Trinajstić information content (AvgIpc) is 2.73. The molecule has 1 N–H and O–H groups in total. The fraction of sp³-hybridized carbons (Fsp3) is 0.273. The van der Waals surface area contributed by atoms with Crippen molar-refractivity contribution in [1.82, 2.24) is 10.2 Å². The van der Waals surface area contributed by atoms with E-state index in [9.17, 15) is 4.39 Å². The van der Waals surface area contributed by atoms with E-state index in [0.29, 0.717) is 12.2 Å². The molecule has 1 aromatic carbocycles. The van der Waals surface area contributed by atoms with Gasteiger partial charge in [-0.25, -0.2) is 4.39 Å². The van der Waals surface area contributed by atoms with Gasteiger partial charge in [-0.1, -0.05) is 35.2 Å². The fourth-order valence-electron chi connectivity index (χ4n) is 1.27. The summed E-state index contributed by atoms with van der Waals surface area (Å²) in [6.45, 7) is 2.63. The molecular formula is C11H12FN3S2. The van der Waals surface area contributed by atoms with Gasteiger partial charge in [0.15, 0.2) is 4.34 Å². The first-order valence-corrected chi connectivity index (χ1v) is 6.97. The monoisotopic (exact) mass is 269 g/mol. The van der Waals surface area contributed by atoms with Crippen molar-refractivity contribution in [3.8, 4) is 0 Å². The summed E-state index contributed by atoms with van der Waals surface area (Å²) in [6.07, 6.45) is 0. The molecule has 0 amide bonds. The van der Waals surface area contributed by atoms with Crippen LogP contribution in [0.25, 0.3) is 0 Å². The zero-order chi connectivity index (χ0) is 12.1. The molecule has 0 bridgehead atoms. The van der Waals surface area contributed by atoms with Gasteiger partial charge < -0.3 is 5.32 Å². The van der Waals surface area contributed by atoms with Gasteiger partial charge in [-0.3, -0.25) is 0 Å². The van der Waals surface area contributed by atoms with Crippen LogP contribution in [-0.2, 0) is 0 Å². The molecule has 3 nitrogen and oxygen atoms in total. The van der Waals surface area contributed by atoms with E-state index in [2.05, 4.69) is 15.5 Å². The lowest BCUT2D eigenvalue weighted by molar-refractivity contribution is 0.630. The third-order valence-corrected chi connectivity index (χ3v) is 4.00. The predicted octanol–water partition coefficient (Wildman–Crippen LogP) is 3.19. The topological polar surface area (TPSA) is 37.8 Å². The van der Waals surface area contributed by atoms with Crippen molar-refractivity contribution in [2.24, 2.45) is 0 Å². The minimum absolute atomic E-state index is 0.218. The van der Waals surface area contributed by atoms with Crippen LogP contribution in [-0.4, -0.2) is 22.5 Å². The molecule has 0 saturated heterocycles. The number of anilines is 1. The summed E-state index contributed by atoms with van der Waals surface area (Å²) in [5.41, 5.74) is 0.543. The Morgan fingerprint density at radius 1 is 1.35 bits per heavy atom. The molecule has 2 rings (SSSR count). The summed E-state index contributed by atoms with van der Waals surface area (Å²) >= 11 is 3.20. The molecule has 0 aliphatic heterocycles. The minimum atomic E-state index is -0.218. The Hall–Kier alpha value is -1.14. The number of nitrogens with zero attached hydrogens (tertiary/aromatic N) is 2. The van der Waals surface area contributed by atoms with Gasteiger partial charge in [-0.15, -0.1) is 10.2 Å². The Morgan fingerprint density at radius 2 is 2.18 bits per heavy atom. The van der Waals surface area contributed by atoms with Crippen molar-refractivity contribution in [2.75, 3.05) is 17.6 Å². The van der Waals surface area contributed by atoms with Crippen LogP contribution in [0.15, 0.2) is 28.6 Å². The van der Waals surface area contributed by atoms with Crippen molar-refractivity contribution in [1.29, 1.82) is 0 Å². The summed E-state index contributed by atoms with van der Waals surface area (Å²) in [5, 5.41) is 12.0. The van der Waals surface area contributed by atoms with Crippen LogP contribution in [0.2, 0.25) is 0 Å². The van der Waals surface area contributed by atoms with Crippen molar-refractivity contribution >= 4 is 28.8 Å². The molecule has 17 heavy (non-hydrogen) atoms. The van der Waals surface area contributed by atoms with E-state index in [1.807, 2.05) is 13.0 Å². The highest BCUT2D eigenvalue weighted by Gasteiger charge is 2.02. The van der Waals surface area contributed by atoms with E-state index < -0.39 is 0 Å². The first-order valence-electron chi connectivity index (χ1n) is 5.17. The van der Waals surface area contributed by atoms with Crippen LogP contribution >= 0.6 is 23.1 Å². The van der Waals surface area contributed by atoms with Crippen molar-refractivity contribution < 1.29 is 4.39 Å². The van der Waals surface area contributed by atoms with Crippen molar-refractivity contribution in [3.05, 3.63) is 35.1 Å². The first kappa shape index (κ1) is 12.3. The summed E-state index contributed by atoms with van der Waals surface area (Å²) in [6, 6.07) is 6.67. The number of rotatable bonds is 5. The van der Waals surface area contributed by atoms with Crippen LogP contribution in [0.3, 0.4) is 0 Å². The number of benzene rings is 1. The first-order chi connectivity index (χ1) is 8.25. The third kappa shape index (κ3) is 3.67. The summed E-state index contributed by atoms with van der Waals surface area (Å²) in [5.74, 6) is 0.618. The number of nitrogens with one attached hydrogen (secondary N) is 1. The van der Waals surface area contributed by atoms with Crippen LogP contribution in [0, 0.1) is 12.7 Å². The molecule has 6 heteroatoms. The number of thioether (sulfide) groups is 1. The van der Waals surface area contributed by atoms with Gasteiger partial charge in [-0.2, -0.15) is 0 Å². The van der Waals surface area contributed by atoms with Crippen LogP contribution < -0.4 is 5.32 Å². The van der Waals surface area contributed by atoms with E-state index in [4.69, 9.17) is 0 Å². The summed E-state index contributed by atoms with van der Waals surface area (Å²) in [7, 11) is 0. The molecule has 0 aliphatic carbocycles. The summed E-state index contributed by atoms with van der Waals surface area (Å²) < 4.78 is 14.2. The SMILES string of the molecule is Cc1nnc(SCCNc2ccccc2F)s1. The maximum Gasteiger partial charge on any atom is 0.174 e.